The first-order valence-corrected chi connectivity index (χ1v) is 8.84. The maximum atomic E-state index is 12.2. The monoisotopic (exact) mass is 340 g/mol. The zero-order valence-electron chi connectivity index (χ0n) is 12.8. The van der Waals surface area contributed by atoms with Crippen LogP contribution in [-0.2, 0) is 16.6 Å². The lowest BCUT2D eigenvalue weighted by Crippen LogP contribution is -2.23. The summed E-state index contributed by atoms with van der Waals surface area (Å²) < 4.78 is 32.7. The third-order valence-electron chi connectivity index (χ3n) is 3.28. The van der Waals surface area contributed by atoms with E-state index in [1.54, 1.807) is 54.7 Å². The highest BCUT2D eigenvalue weighted by Crippen LogP contribution is 2.20. The van der Waals surface area contributed by atoms with Gasteiger partial charge in [0, 0.05) is 18.8 Å². The van der Waals surface area contributed by atoms with Gasteiger partial charge in [0.05, 0.1) is 4.90 Å². The Labute approximate surface area is 141 Å². The maximum absolute atomic E-state index is 12.2. The van der Waals surface area contributed by atoms with E-state index >= 15 is 0 Å². The fourth-order valence-corrected chi connectivity index (χ4v) is 3.15. The third-order valence-corrected chi connectivity index (χ3v) is 4.70. The van der Waals surface area contributed by atoms with Gasteiger partial charge in [-0.2, -0.15) is 0 Å². The summed E-state index contributed by atoms with van der Waals surface area (Å²) in [6.45, 7) is 0.177. The van der Waals surface area contributed by atoms with Gasteiger partial charge < -0.3 is 4.74 Å². The van der Waals surface area contributed by atoms with Gasteiger partial charge in [0.1, 0.15) is 5.75 Å². The van der Waals surface area contributed by atoms with Crippen LogP contribution < -0.4 is 9.46 Å². The van der Waals surface area contributed by atoms with Crippen molar-refractivity contribution < 1.29 is 13.2 Å². The lowest BCUT2D eigenvalue weighted by atomic mass is 10.2. The summed E-state index contributed by atoms with van der Waals surface area (Å²) >= 11 is 0. The number of ether oxygens (including phenoxy) is 1. The number of rotatable bonds is 6. The van der Waals surface area contributed by atoms with E-state index < -0.39 is 10.0 Å². The maximum Gasteiger partial charge on any atom is 0.240 e. The molecule has 0 radical (unpaired) electrons. The van der Waals surface area contributed by atoms with Gasteiger partial charge in [0.25, 0.3) is 0 Å². The fraction of sp³-hybridized carbons (Fsp3) is 0.0556. The summed E-state index contributed by atoms with van der Waals surface area (Å²) in [7, 11) is -3.53. The lowest BCUT2D eigenvalue weighted by Gasteiger charge is -2.09. The van der Waals surface area contributed by atoms with Gasteiger partial charge in [0.2, 0.25) is 15.9 Å². The zero-order chi connectivity index (χ0) is 16.8. The van der Waals surface area contributed by atoms with Crippen molar-refractivity contribution in [2.45, 2.75) is 11.4 Å². The predicted molar refractivity (Wildman–Crippen MR) is 91.2 cm³/mol. The van der Waals surface area contributed by atoms with Crippen molar-refractivity contribution >= 4 is 10.0 Å². The highest BCUT2D eigenvalue weighted by molar-refractivity contribution is 7.89. The van der Waals surface area contributed by atoms with Crippen molar-refractivity contribution in [3.8, 4) is 11.6 Å². The number of hydrogen-bond acceptors (Lipinski definition) is 4. The predicted octanol–water partition coefficient (Wildman–Crippen LogP) is 3.35. The first-order valence-electron chi connectivity index (χ1n) is 7.36. The summed E-state index contributed by atoms with van der Waals surface area (Å²) in [5.74, 6) is 1.09. The van der Waals surface area contributed by atoms with E-state index in [-0.39, 0.29) is 11.4 Å². The Morgan fingerprint density at radius 3 is 2.46 bits per heavy atom. The van der Waals surface area contributed by atoms with Crippen LogP contribution >= 0.6 is 0 Å². The molecule has 0 aliphatic heterocycles. The number of benzene rings is 2. The van der Waals surface area contributed by atoms with Crippen LogP contribution in [-0.4, -0.2) is 13.4 Å². The number of sulfonamides is 1. The third kappa shape index (κ3) is 4.18. The van der Waals surface area contributed by atoms with Gasteiger partial charge in [-0.05, 0) is 35.9 Å². The van der Waals surface area contributed by atoms with E-state index in [4.69, 9.17) is 4.74 Å². The van der Waals surface area contributed by atoms with Crippen molar-refractivity contribution in [3.05, 3.63) is 84.6 Å². The average molecular weight is 340 g/mol. The molecule has 0 fully saturated rings. The zero-order valence-corrected chi connectivity index (χ0v) is 13.6. The molecule has 0 saturated heterocycles. The molecule has 0 atom stereocenters. The van der Waals surface area contributed by atoms with Gasteiger partial charge in [-0.3, -0.25) is 0 Å². The van der Waals surface area contributed by atoms with Crippen molar-refractivity contribution in [3.63, 3.8) is 0 Å². The summed E-state index contributed by atoms with van der Waals surface area (Å²) in [5, 5.41) is 0. The fourth-order valence-electron chi connectivity index (χ4n) is 2.11. The molecule has 5 nitrogen and oxygen atoms in total. The summed E-state index contributed by atoms with van der Waals surface area (Å²) in [4.78, 5) is 4.34. The molecule has 0 aliphatic carbocycles. The van der Waals surface area contributed by atoms with E-state index in [9.17, 15) is 8.42 Å². The Balaban J connectivity index is 1.69. The van der Waals surface area contributed by atoms with Gasteiger partial charge in [0.15, 0.2) is 0 Å². The van der Waals surface area contributed by atoms with E-state index in [0.29, 0.717) is 11.6 Å². The molecule has 2 aromatic carbocycles. The molecule has 0 spiro atoms. The van der Waals surface area contributed by atoms with Crippen LogP contribution in [0, 0.1) is 0 Å². The minimum atomic E-state index is -3.53. The Bertz CT molecular complexity index is 898. The summed E-state index contributed by atoms with van der Waals surface area (Å²) in [6, 6.07) is 20.9. The summed E-state index contributed by atoms with van der Waals surface area (Å²) in [5.41, 5.74) is 0.794. The van der Waals surface area contributed by atoms with Crippen LogP contribution in [0.2, 0.25) is 0 Å². The van der Waals surface area contributed by atoms with Crippen LogP contribution in [0.25, 0.3) is 0 Å². The standard InChI is InChI=1S/C18H16N2O3S/c21-24(22,17-9-2-1-3-10-17)20-14-15-7-6-8-16(13-15)23-18-11-4-5-12-19-18/h1-13,20H,14H2. The van der Waals surface area contributed by atoms with Crippen LogP contribution in [0.4, 0.5) is 0 Å². The molecule has 3 rings (SSSR count). The van der Waals surface area contributed by atoms with Gasteiger partial charge in [-0.25, -0.2) is 18.1 Å². The first kappa shape index (κ1) is 16.2. The van der Waals surface area contributed by atoms with Crippen LogP contribution in [0.1, 0.15) is 5.56 Å². The van der Waals surface area contributed by atoms with E-state index in [2.05, 4.69) is 9.71 Å². The van der Waals surface area contributed by atoms with Crippen LogP contribution in [0.15, 0.2) is 83.9 Å². The van der Waals surface area contributed by atoms with Gasteiger partial charge in [-0.15, -0.1) is 0 Å². The van der Waals surface area contributed by atoms with Crippen LogP contribution in [0.3, 0.4) is 0 Å². The molecule has 0 bridgehead atoms. The second kappa shape index (κ2) is 7.25. The molecule has 3 aromatic rings. The normalized spacial score (nSPS) is 11.2. The number of aromatic nitrogens is 1. The minimum Gasteiger partial charge on any atom is -0.439 e. The lowest BCUT2D eigenvalue weighted by molar-refractivity contribution is 0.462. The topological polar surface area (TPSA) is 68.3 Å². The molecule has 0 saturated carbocycles. The van der Waals surface area contributed by atoms with E-state index in [1.165, 1.54) is 0 Å². The SMILES string of the molecule is O=S(=O)(NCc1cccc(Oc2ccccn2)c1)c1ccccc1. The summed E-state index contributed by atoms with van der Waals surface area (Å²) in [6.07, 6.45) is 1.65. The molecular formula is C18H16N2O3S. The Kier molecular flexibility index (Phi) is 4.88. The molecule has 1 heterocycles. The van der Waals surface area contributed by atoms with Gasteiger partial charge in [-0.1, -0.05) is 36.4 Å². The van der Waals surface area contributed by atoms with Crippen molar-refractivity contribution in [2.75, 3.05) is 0 Å². The van der Waals surface area contributed by atoms with Crippen molar-refractivity contribution in [1.29, 1.82) is 0 Å². The number of pyridine rings is 1. The van der Waals surface area contributed by atoms with E-state index in [0.717, 1.165) is 5.56 Å². The second-order valence-corrected chi connectivity index (χ2v) is 6.82. The van der Waals surface area contributed by atoms with E-state index in [1.807, 2.05) is 24.3 Å². The molecule has 1 N–H and O–H groups in total. The molecule has 1 aromatic heterocycles. The number of nitrogens with one attached hydrogen (secondary N) is 1. The Morgan fingerprint density at radius 1 is 0.917 bits per heavy atom. The van der Waals surface area contributed by atoms with Crippen molar-refractivity contribution in [2.24, 2.45) is 0 Å². The van der Waals surface area contributed by atoms with Gasteiger partial charge >= 0.3 is 0 Å². The molecule has 24 heavy (non-hydrogen) atoms. The van der Waals surface area contributed by atoms with Crippen LogP contribution in [0.5, 0.6) is 11.6 Å². The molecule has 6 heteroatoms. The number of hydrogen-bond donors (Lipinski definition) is 1. The smallest absolute Gasteiger partial charge is 0.240 e. The quantitative estimate of drug-likeness (QED) is 0.747. The second-order valence-electron chi connectivity index (χ2n) is 5.06. The average Bonchev–Trinajstić information content (AvgIpc) is 2.62. The van der Waals surface area contributed by atoms with Crippen molar-refractivity contribution in [1.82, 2.24) is 9.71 Å². The number of nitrogens with zero attached hydrogens (tertiary/aromatic N) is 1. The highest BCUT2D eigenvalue weighted by Gasteiger charge is 2.12. The largest absolute Gasteiger partial charge is 0.439 e. The molecule has 0 unspecified atom stereocenters. The molecule has 0 aliphatic rings. The molecular weight excluding hydrogens is 324 g/mol. The minimum absolute atomic E-state index is 0.177. The Morgan fingerprint density at radius 2 is 1.71 bits per heavy atom. The molecule has 0 amide bonds. The highest BCUT2D eigenvalue weighted by atomic mass is 32.2. The molecule has 122 valence electrons. The first-order chi connectivity index (χ1) is 11.6. The Hall–Kier alpha value is -2.70.